The van der Waals surface area contributed by atoms with Crippen molar-refractivity contribution in [3.05, 3.63) is 80.2 Å². The van der Waals surface area contributed by atoms with Gasteiger partial charge in [-0.05, 0) is 41.8 Å². The summed E-state index contributed by atoms with van der Waals surface area (Å²) in [7, 11) is -4.03. The van der Waals surface area contributed by atoms with Crippen LogP contribution in [-0.2, 0) is 10.0 Å². The van der Waals surface area contributed by atoms with Gasteiger partial charge in [0, 0.05) is 11.1 Å². The van der Waals surface area contributed by atoms with E-state index in [-0.39, 0.29) is 22.0 Å². The minimum absolute atomic E-state index is 0.00673. The molecule has 0 saturated heterocycles. The lowest BCUT2D eigenvalue weighted by atomic mass is 10.0. The van der Waals surface area contributed by atoms with Gasteiger partial charge >= 0.3 is 11.1 Å². The van der Waals surface area contributed by atoms with Crippen LogP contribution in [0.15, 0.2) is 67.8 Å². The lowest BCUT2D eigenvalue weighted by Gasteiger charge is -2.16. The highest BCUT2D eigenvalue weighted by Gasteiger charge is 2.22. The van der Waals surface area contributed by atoms with Gasteiger partial charge in [-0.3, -0.25) is 14.3 Å². The maximum Gasteiger partial charge on any atom is 0.314 e. The van der Waals surface area contributed by atoms with Crippen molar-refractivity contribution in [1.29, 1.82) is 0 Å². The van der Waals surface area contributed by atoms with E-state index >= 15 is 0 Å². The van der Waals surface area contributed by atoms with Crippen molar-refractivity contribution in [2.75, 3.05) is 4.72 Å². The van der Waals surface area contributed by atoms with Gasteiger partial charge in [-0.2, -0.15) is 0 Å². The summed E-state index contributed by atoms with van der Waals surface area (Å²) in [5, 5.41) is 0.353. The van der Waals surface area contributed by atoms with Crippen LogP contribution in [0.5, 0.6) is 0 Å². The molecule has 0 bridgehead atoms. The SMILES string of the molecule is CC(C)c1cc2[nH]c(=O)c(=O)[nH]c2cc1S(=O)(=O)Nc1ccc(-c2ccoc2)c(Cl)c1. The van der Waals surface area contributed by atoms with E-state index in [1.54, 1.807) is 30.5 Å². The Morgan fingerprint density at radius 2 is 1.68 bits per heavy atom. The molecule has 0 saturated carbocycles. The second kappa shape index (κ2) is 7.75. The molecule has 31 heavy (non-hydrogen) atoms. The van der Waals surface area contributed by atoms with Gasteiger partial charge in [0.1, 0.15) is 0 Å². The van der Waals surface area contributed by atoms with Crippen molar-refractivity contribution >= 4 is 38.3 Å². The molecule has 0 amide bonds. The van der Waals surface area contributed by atoms with Crippen molar-refractivity contribution in [1.82, 2.24) is 9.97 Å². The zero-order valence-electron chi connectivity index (χ0n) is 16.5. The molecular formula is C21H18ClN3O5S. The van der Waals surface area contributed by atoms with E-state index in [0.29, 0.717) is 21.7 Å². The molecule has 0 fully saturated rings. The Labute approximate surface area is 181 Å². The van der Waals surface area contributed by atoms with Crippen LogP contribution < -0.4 is 15.8 Å². The summed E-state index contributed by atoms with van der Waals surface area (Å²) >= 11 is 6.34. The number of nitrogens with one attached hydrogen (secondary N) is 3. The van der Waals surface area contributed by atoms with Gasteiger partial charge in [-0.1, -0.05) is 31.5 Å². The number of hydrogen-bond acceptors (Lipinski definition) is 5. The van der Waals surface area contributed by atoms with Gasteiger partial charge < -0.3 is 14.4 Å². The molecule has 2 heterocycles. The average Bonchev–Trinajstić information content (AvgIpc) is 3.22. The molecule has 0 atom stereocenters. The zero-order valence-corrected chi connectivity index (χ0v) is 18.1. The number of furan rings is 1. The molecule has 0 radical (unpaired) electrons. The average molecular weight is 460 g/mol. The smallest absolute Gasteiger partial charge is 0.314 e. The van der Waals surface area contributed by atoms with Crippen LogP contribution in [0.3, 0.4) is 0 Å². The highest BCUT2D eigenvalue weighted by atomic mass is 35.5. The minimum Gasteiger partial charge on any atom is -0.472 e. The Morgan fingerprint density at radius 3 is 2.26 bits per heavy atom. The number of fused-ring (bicyclic) bond motifs is 1. The van der Waals surface area contributed by atoms with E-state index < -0.39 is 21.1 Å². The van der Waals surface area contributed by atoms with Gasteiger partial charge in [0.2, 0.25) is 0 Å². The standard InChI is InChI=1S/C21H18ClN3O5S/c1-11(2)15-8-17-18(24-21(27)20(26)23-17)9-19(15)31(28,29)25-13-3-4-14(16(22)7-13)12-5-6-30-10-12/h3-11,25H,1-2H3,(H,23,26)(H,24,27). The van der Waals surface area contributed by atoms with Crippen LogP contribution in [0.1, 0.15) is 25.3 Å². The summed E-state index contributed by atoms with van der Waals surface area (Å²) < 4.78 is 34.0. The highest BCUT2D eigenvalue weighted by molar-refractivity contribution is 7.92. The number of rotatable bonds is 5. The van der Waals surface area contributed by atoms with E-state index in [2.05, 4.69) is 14.7 Å². The third-order valence-corrected chi connectivity index (χ3v) is 6.57. The highest BCUT2D eigenvalue weighted by Crippen LogP contribution is 2.33. The number of aromatic nitrogens is 2. The van der Waals surface area contributed by atoms with E-state index in [9.17, 15) is 18.0 Å². The van der Waals surface area contributed by atoms with E-state index in [4.69, 9.17) is 16.0 Å². The summed E-state index contributed by atoms with van der Waals surface area (Å²) in [5.74, 6) is -0.168. The molecule has 0 spiro atoms. The first kappa shape index (κ1) is 21.0. The molecule has 160 valence electrons. The predicted octanol–water partition coefficient (Wildman–Crippen LogP) is 4.05. The number of aromatic amines is 2. The van der Waals surface area contributed by atoms with Crippen molar-refractivity contribution < 1.29 is 12.8 Å². The molecule has 0 unspecified atom stereocenters. The maximum absolute atomic E-state index is 13.2. The number of anilines is 1. The fourth-order valence-corrected chi connectivity index (χ4v) is 5.00. The van der Waals surface area contributed by atoms with Crippen LogP contribution in [0.4, 0.5) is 5.69 Å². The minimum atomic E-state index is -4.03. The molecule has 4 aromatic rings. The summed E-state index contributed by atoms with van der Waals surface area (Å²) in [6.45, 7) is 3.67. The third-order valence-electron chi connectivity index (χ3n) is 4.82. The fourth-order valence-electron chi connectivity index (χ4n) is 3.29. The van der Waals surface area contributed by atoms with E-state index in [1.807, 2.05) is 13.8 Å². The number of halogens is 1. The quantitative estimate of drug-likeness (QED) is 0.388. The molecule has 0 aliphatic carbocycles. The predicted molar refractivity (Wildman–Crippen MR) is 119 cm³/mol. The molecule has 3 N–H and O–H groups in total. The first-order valence-electron chi connectivity index (χ1n) is 9.31. The van der Waals surface area contributed by atoms with Crippen LogP contribution in [0.2, 0.25) is 5.02 Å². The lowest BCUT2D eigenvalue weighted by Crippen LogP contribution is -2.29. The molecule has 4 rings (SSSR count). The molecule has 0 aliphatic heterocycles. The van der Waals surface area contributed by atoms with E-state index in [0.717, 1.165) is 5.56 Å². The number of hydrogen-bond donors (Lipinski definition) is 3. The van der Waals surface area contributed by atoms with Gasteiger partial charge in [-0.25, -0.2) is 8.42 Å². The summed E-state index contributed by atoms with van der Waals surface area (Å²) in [6.07, 6.45) is 3.06. The Morgan fingerprint density at radius 1 is 1.00 bits per heavy atom. The van der Waals surface area contributed by atoms with Crippen molar-refractivity contribution in [3.63, 3.8) is 0 Å². The summed E-state index contributed by atoms with van der Waals surface area (Å²) in [6, 6.07) is 9.45. The van der Waals surface area contributed by atoms with Gasteiger partial charge in [-0.15, -0.1) is 0 Å². The van der Waals surface area contributed by atoms with Crippen LogP contribution >= 0.6 is 11.6 Å². The van der Waals surface area contributed by atoms with Gasteiger partial charge in [0.05, 0.1) is 39.2 Å². The second-order valence-corrected chi connectivity index (χ2v) is 9.37. The Bertz CT molecular complexity index is 1500. The maximum atomic E-state index is 13.2. The molecule has 2 aromatic heterocycles. The molecule has 2 aromatic carbocycles. The second-order valence-electron chi connectivity index (χ2n) is 7.31. The van der Waals surface area contributed by atoms with Gasteiger partial charge in [0.15, 0.2) is 0 Å². The third kappa shape index (κ3) is 4.01. The first-order chi connectivity index (χ1) is 14.7. The lowest BCUT2D eigenvalue weighted by molar-refractivity contribution is 0.568. The Balaban J connectivity index is 1.78. The molecule has 8 nitrogen and oxygen atoms in total. The first-order valence-corrected chi connectivity index (χ1v) is 11.2. The fraction of sp³-hybridized carbons (Fsp3) is 0.143. The summed E-state index contributed by atoms with van der Waals surface area (Å²) in [4.78, 5) is 28.2. The van der Waals surface area contributed by atoms with Gasteiger partial charge in [0.25, 0.3) is 10.0 Å². The molecular weight excluding hydrogens is 442 g/mol. The topological polar surface area (TPSA) is 125 Å². The zero-order chi connectivity index (χ0) is 22.3. The van der Waals surface area contributed by atoms with E-state index in [1.165, 1.54) is 18.4 Å². The van der Waals surface area contributed by atoms with Crippen LogP contribution in [-0.4, -0.2) is 18.4 Å². The Hall–Kier alpha value is -3.30. The number of benzene rings is 2. The van der Waals surface area contributed by atoms with Crippen molar-refractivity contribution in [2.45, 2.75) is 24.7 Å². The van der Waals surface area contributed by atoms with Crippen molar-refractivity contribution in [2.24, 2.45) is 0 Å². The van der Waals surface area contributed by atoms with Crippen LogP contribution in [0, 0.1) is 0 Å². The Kier molecular flexibility index (Phi) is 5.24. The van der Waals surface area contributed by atoms with Crippen molar-refractivity contribution in [3.8, 4) is 11.1 Å². The molecule has 0 aliphatic rings. The normalized spacial score (nSPS) is 11.9. The summed E-state index contributed by atoms with van der Waals surface area (Å²) in [5.41, 5.74) is 1.14. The van der Waals surface area contributed by atoms with Crippen LogP contribution in [0.25, 0.3) is 22.2 Å². The monoisotopic (exact) mass is 459 g/mol. The number of sulfonamides is 1. The largest absolute Gasteiger partial charge is 0.472 e. The number of H-pyrrole nitrogens is 2. The molecule has 10 heteroatoms.